The lowest BCUT2D eigenvalue weighted by molar-refractivity contribution is -0.139. The number of carbonyl (C=O) groups is 1. The third kappa shape index (κ3) is 4.39. The van der Waals surface area contributed by atoms with Crippen LogP contribution in [0.2, 0.25) is 0 Å². The number of benzene rings is 2. The maximum Gasteiger partial charge on any atom is 0.338 e. The van der Waals surface area contributed by atoms with Crippen molar-refractivity contribution in [1.29, 1.82) is 5.26 Å². The van der Waals surface area contributed by atoms with Gasteiger partial charge in [-0.05, 0) is 25.0 Å². The first-order valence-corrected chi connectivity index (χ1v) is 9.59. The van der Waals surface area contributed by atoms with E-state index in [0.717, 1.165) is 12.1 Å². The van der Waals surface area contributed by atoms with E-state index in [4.69, 9.17) is 19.9 Å². The van der Waals surface area contributed by atoms with Gasteiger partial charge in [0, 0.05) is 12.1 Å². The Morgan fingerprint density at radius 1 is 1.22 bits per heavy atom. The molecule has 3 rings (SSSR count). The first kappa shape index (κ1) is 22.7. The first-order valence-electron chi connectivity index (χ1n) is 9.59. The Balaban J connectivity index is 2.03. The maximum absolute atomic E-state index is 13.5. The number of hydrogen-bond acceptors (Lipinski definition) is 6. The van der Waals surface area contributed by atoms with E-state index < -0.39 is 29.3 Å². The van der Waals surface area contributed by atoms with Crippen molar-refractivity contribution < 1.29 is 32.2 Å². The molecule has 1 aliphatic heterocycles. The molecule has 0 spiro atoms. The number of nitrogens with zero attached hydrogens (tertiary/aromatic N) is 1. The molecule has 1 unspecified atom stereocenters. The van der Waals surface area contributed by atoms with Crippen molar-refractivity contribution in [3.05, 3.63) is 87.8 Å². The molecule has 0 radical (unpaired) electrons. The molecule has 0 amide bonds. The Morgan fingerprint density at radius 3 is 2.50 bits per heavy atom. The number of ether oxygens (including phenoxy) is 3. The first-order chi connectivity index (χ1) is 15.3. The quantitative estimate of drug-likeness (QED) is 0.527. The normalized spacial score (nSPS) is 15.8. The van der Waals surface area contributed by atoms with Crippen LogP contribution in [0.5, 0.6) is 5.75 Å². The average molecular weight is 444 g/mol. The van der Waals surface area contributed by atoms with Gasteiger partial charge in [-0.2, -0.15) is 5.26 Å². The van der Waals surface area contributed by atoms with Gasteiger partial charge in [0.2, 0.25) is 5.88 Å². The van der Waals surface area contributed by atoms with E-state index in [1.165, 1.54) is 6.92 Å². The molecule has 0 aliphatic carbocycles. The largest absolute Gasteiger partial charge is 0.489 e. The standard InChI is InChI=1S/C23H19F3N2O4/c1-3-30-23(29)19-12(2)32-22(28)16(10-27)20(19)15-7-5-4-6-13(15)11-31-14-8-17(24)21(26)18(25)9-14/h4-9,20H,3,11,28H2,1-2H3. The van der Waals surface area contributed by atoms with Gasteiger partial charge < -0.3 is 19.9 Å². The Hall–Kier alpha value is -3.93. The van der Waals surface area contributed by atoms with Crippen molar-refractivity contribution in [3.8, 4) is 11.8 Å². The highest BCUT2D eigenvalue weighted by Crippen LogP contribution is 2.41. The molecular formula is C23H19F3N2O4. The lowest BCUT2D eigenvalue weighted by Gasteiger charge is -2.28. The number of nitriles is 1. The number of carbonyl (C=O) groups excluding carboxylic acids is 1. The van der Waals surface area contributed by atoms with Crippen LogP contribution >= 0.6 is 0 Å². The summed E-state index contributed by atoms with van der Waals surface area (Å²) in [4.78, 5) is 12.7. The van der Waals surface area contributed by atoms with Gasteiger partial charge in [0.05, 0.1) is 18.1 Å². The fraction of sp³-hybridized carbons (Fsp3) is 0.217. The highest BCUT2D eigenvalue weighted by molar-refractivity contribution is 5.92. The highest BCUT2D eigenvalue weighted by Gasteiger charge is 2.37. The Kier molecular flexibility index (Phi) is 6.73. The molecule has 2 aromatic carbocycles. The van der Waals surface area contributed by atoms with Gasteiger partial charge in [-0.25, -0.2) is 18.0 Å². The Morgan fingerprint density at radius 2 is 1.88 bits per heavy atom. The summed E-state index contributed by atoms with van der Waals surface area (Å²) in [6.07, 6.45) is 0. The molecule has 166 valence electrons. The molecule has 1 aliphatic rings. The molecule has 0 aromatic heterocycles. The van der Waals surface area contributed by atoms with Crippen molar-refractivity contribution in [2.75, 3.05) is 6.61 Å². The minimum Gasteiger partial charge on any atom is -0.489 e. The number of hydrogen-bond donors (Lipinski definition) is 1. The molecule has 1 atom stereocenters. The monoisotopic (exact) mass is 444 g/mol. The minimum atomic E-state index is -1.60. The second kappa shape index (κ2) is 9.47. The molecule has 32 heavy (non-hydrogen) atoms. The molecule has 6 nitrogen and oxygen atoms in total. The third-order valence-electron chi connectivity index (χ3n) is 4.82. The van der Waals surface area contributed by atoms with E-state index in [-0.39, 0.29) is 41.8 Å². The Bertz CT molecular complexity index is 1150. The zero-order chi connectivity index (χ0) is 23.4. The summed E-state index contributed by atoms with van der Waals surface area (Å²) in [5, 5.41) is 9.70. The second-order valence-electron chi connectivity index (χ2n) is 6.80. The van der Waals surface area contributed by atoms with Crippen molar-refractivity contribution in [2.45, 2.75) is 26.4 Å². The summed E-state index contributed by atoms with van der Waals surface area (Å²) in [5.74, 6) is -6.14. The van der Waals surface area contributed by atoms with Crippen LogP contribution in [0.3, 0.4) is 0 Å². The second-order valence-corrected chi connectivity index (χ2v) is 6.80. The topological polar surface area (TPSA) is 94.6 Å². The van der Waals surface area contributed by atoms with Gasteiger partial charge >= 0.3 is 5.97 Å². The summed E-state index contributed by atoms with van der Waals surface area (Å²) in [6, 6.07) is 10.1. The number of nitrogens with two attached hydrogens (primary N) is 1. The average Bonchev–Trinajstić information content (AvgIpc) is 2.75. The van der Waals surface area contributed by atoms with Gasteiger partial charge in [0.25, 0.3) is 0 Å². The fourth-order valence-corrected chi connectivity index (χ4v) is 3.39. The van der Waals surface area contributed by atoms with Crippen LogP contribution in [0.15, 0.2) is 59.2 Å². The van der Waals surface area contributed by atoms with Gasteiger partial charge in [-0.1, -0.05) is 24.3 Å². The van der Waals surface area contributed by atoms with E-state index >= 15 is 0 Å². The van der Waals surface area contributed by atoms with E-state index in [1.54, 1.807) is 31.2 Å². The number of halogens is 3. The van der Waals surface area contributed by atoms with E-state index in [1.807, 2.05) is 6.07 Å². The van der Waals surface area contributed by atoms with Crippen LogP contribution in [0.4, 0.5) is 13.2 Å². The van der Waals surface area contributed by atoms with Gasteiger partial charge in [-0.15, -0.1) is 0 Å². The zero-order valence-electron chi connectivity index (χ0n) is 17.2. The van der Waals surface area contributed by atoms with E-state index in [0.29, 0.717) is 11.1 Å². The van der Waals surface area contributed by atoms with Crippen LogP contribution in [-0.2, 0) is 20.9 Å². The summed E-state index contributed by atoms with van der Waals surface area (Å²) in [7, 11) is 0. The zero-order valence-corrected chi connectivity index (χ0v) is 17.2. The van der Waals surface area contributed by atoms with Crippen molar-refractivity contribution >= 4 is 5.97 Å². The summed E-state index contributed by atoms with van der Waals surface area (Å²) >= 11 is 0. The molecule has 1 heterocycles. The molecule has 0 saturated carbocycles. The predicted octanol–water partition coefficient (Wildman–Crippen LogP) is 4.33. The summed E-state index contributed by atoms with van der Waals surface area (Å²) < 4.78 is 56.2. The molecule has 0 bridgehead atoms. The van der Waals surface area contributed by atoms with Crippen LogP contribution in [0.25, 0.3) is 0 Å². The van der Waals surface area contributed by atoms with Gasteiger partial charge in [0.15, 0.2) is 17.5 Å². The SMILES string of the molecule is CCOC(=O)C1=C(C)OC(N)=C(C#N)C1c1ccccc1COc1cc(F)c(F)c(F)c1. The number of esters is 1. The van der Waals surface area contributed by atoms with Crippen LogP contribution in [0.1, 0.15) is 30.9 Å². The van der Waals surface area contributed by atoms with Crippen molar-refractivity contribution in [3.63, 3.8) is 0 Å². The number of rotatable bonds is 6. The Labute approximate surface area is 182 Å². The van der Waals surface area contributed by atoms with Gasteiger partial charge in [0.1, 0.15) is 29.8 Å². The van der Waals surface area contributed by atoms with Crippen LogP contribution in [0, 0.1) is 28.8 Å². The smallest absolute Gasteiger partial charge is 0.338 e. The molecule has 2 aromatic rings. The van der Waals surface area contributed by atoms with Crippen molar-refractivity contribution in [1.82, 2.24) is 0 Å². The minimum absolute atomic E-state index is 0.00461. The predicted molar refractivity (Wildman–Crippen MR) is 107 cm³/mol. The summed E-state index contributed by atoms with van der Waals surface area (Å²) in [5.41, 5.74) is 7.00. The number of allylic oxidation sites excluding steroid dienone is 2. The lowest BCUT2D eigenvalue weighted by atomic mass is 9.81. The molecule has 0 fully saturated rings. The third-order valence-corrected chi connectivity index (χ3v) is 4.82. The fourth-order valence-electron chi connectivity index (χ4n) is 3.39. The van der Waals surface area contributed by atoms with Gasteiger partial charge in [-0.3, -0.25) is 0 Å². The lowest BCUT2D eigenvalue weighted by Crippen LogP contribution is -2.26. The maximum atomic E-state index is 13.5. The summed E-state index contributed by atoms with van der Waals surface area (Å²) in [6.45, 7) is 3.09. The molecule has 2 N–H and O–H groups in total. The molecule has 0 saturated heterocycles. The van der Waals surface area contributed by atoms with E-state index in [2.05, 4.69) is 0 Å². The van der Waals surface area contributed by atoms with Crippen LogP contribution in [-0.4, -0.2) is 12.6 Å². The molecular weight excluding hydrogens is 425 g/mol. The molecule has 9 heteroatoms. The highest BCUT2D eigenvalue weighted by atomic mass is 19.2. The van der Waals surface area contributed by atoms with Crippen molar-refractivity contribution in [2.24, 2.45) is 5.73 Å². The van der Waals surface area contributed by atoms with Crippen LogP contribution < -0.4 is 10.5 Å². The van der Waals surface area contributed by atoms with E-state index in [9.17, 15) is 23.2 Å².